The molecule has 0 saturated carbocycles. The Bertz CT molecular complexity index is 613. The van der Waals surface area contributed by atoms with E-state index in [1.807, 2.05) is 24.3 Å². The minimum Gasteiger partial charge on any atom is -0.368 e. The Labute approximate surface area is 141 Å². The Morgan fingerprint density at radius 1 is 1.13 bits per heavy atom. The first-order valence-electron chi connectivity index (χ1n) is 7.77. The number of carbonyl (C=O) groups is 1. The number of aromatic nitrogens is 2. The summed E-state index contributed by atoms with van der Waals surface area (Å²) < 4.78 is 0. The minimum atomic E-state index is -0.182. The maximum atomic E-state index is 11.8. The molecular formula is C17H21ClN4O. The summed E-state index contributed by atoms with van der Waals surface area (Å²) >= 11 is 5.86. The quantitative estimate of drug-likeness (QED) is 0.728. The normalized spacial score (nSPS) is 10.3. The van der Waals surface area contributed by atoms with Gasteiger partial charge in [0.15, 0.2) is 0 Å². The lowest BCUT2D eigenvalue weighted by Crippen LogP contribution is -2.25. The average Bonchev–Trinajstić information content (AvgIpc) is 2.57. The highest BCUT2D eigenvalue weighted by molar-refractivity contribution is 6.30. The monoisotopic (exact) mass is 332 g/mol. The molecule has 0 fully saturated rings. The fourth-order valence-corrected chi connectivity index (χ4v) is 2.12. The van der Waals surface area contributed by atoms with Crippen molar-refractivity contribution in [1.29, 1.82) is 0 Å². The number of halogens is 1. The maximum Gasteiger partial charge on any atom is 0.271 e. The van der Waals surface area contributed by atoms with E-state index in [1.54, 1.807) is 6.20 Å². The lowest BCUT2D eigenvalue weighted by Gasteiger charge is -2.07. The van der Waals surface area contributed by atoms with Crippen LogP contribution in [0.15, 0.2) is 36.7 Å². The van der Waals surface area contributed by atoms with Gasteiger partial charge < -0.3 is 10.6 Å². The van der Waals surface area contributed by atoms with Crippen LogP contribution in [0.5, 0.6) is 0 Å². The number of nitrogens with zero attached hydrogens (tertiary/aromatic N) is 2. The van der Waals surface area contributed by atoms with Gasteiger partial charge in [0.25, 0.3) is 5.91 Å². The molecule has 23 heavy (non-hydrogen) atoms. The van der Waals surface area contributed by atoms with Crippen LogP contribution in [0.1, 0.15) is 35.8 Å². The first-order valence-corrected chi connectivity index (χ1v) is 8.15. The van der Waals surface area contributed by atoms with Gasteiger partial charge in [-0.2, -0.15) is 0 Å². The van der Waals surface area contributed by atoms with Crippen LogP contribution in [0.25, 0.3) is 0 Å². The topological polar surface area (TPSA) is 66.9 Å². The van der Waals surface area contributed by atoms with E-state index in [9.17, 15) is 4.79 Å². The van der Waals surface area contributed by atoms with Crippen LogP contribution in [0, 0.1) is 0 Å². The second-order valence-electron chi connectivity index (χ2n) is 5.20. The van der Waals surface area contributed by atoms with Crippen molar-refractivity contribution < 1.29 is 4.79 Å². The molecule has 0 aliphatic rings. The highest BCUT2D eigenvalue weighted by Crippen LogP contribution is 2.10. The standard InChI is InChI=1S/C17H21ClN4O/c1-2-3-9-20-17(23)15-11-22-16(12-21-15)19-10-8-13-4-6-14(18)7-5-13/h4-7,11-12H,2-3,8-10H2,1H3,(H,19,22)(H,20,23). The first-order chi connectivity index (χ1) is 11.2. The van der Waals surface area contributed by atoms with Crippen molar-refractivity contribution in [3.8, 4) is 0 Å². The molecule has 0 radical (unpaired) electrons. The number of benzene rings is 1. The van der Waals surface area contributed by atoms with Gasteiger partial charge in [-0.15, -0.1) is 0 Å². The van der Waals surface area contributed by atoms with Gasteiger partial charge in [-0.25, -0.2) is 9.97 Å². The zero-order valence-electron chi connectivity index (χ0n) is 13.2. The first kappa shape index (κ1) is 17.2. The Morgan fingerprint density at radius 3 is 2.57 bits per heavy atom. The van der Waals surface area contributed by atoms with Crippen molar-refractivity contribution in [3.63, 3.8) is 0 Å². The predicted molar refractivity (Wildman–Crippen MR) is 92.9 cm³/mol. The Balaban J connectivity index is 1.78. The molecule has 1 heterocycles. The number of amides is 1. The van der Waals surface area contributed by atoms with E-state index in [2.05, 4.69) is 27.5 Å². The van der Waals surface area contributed by atoms with E-state index in [1.165, 1.54) is 11.8 Å². The summed E-state index contributed by atoms with van der Waals surface area (Å²) in [7, 11) is 0. The summed E-state index contributed by atoms with van der Waals surface area (Å²) in [4.78, 5) is 20.2. The molecule has 2 rings (SSSR count). The molecule has 0 saturated heterocycles. The molecule has 5 nitrogen and oxygen atoms in total. The van der Waals surface area contributed by atoms with Gasteiger partial charge in [-0.05, 0) is 30.5 Å². The molecule has 0 bridgehead atoms. The van der Waals surface area contributed by atoms with Crippen molar-refractivity contribution in [3.05, 3.63) is 52.9 Å². The summed E-state index contributed by atoms with van der Waals surface area (Å²) in [5.74, 6) is 0.475. The third-order valence-corrected chi connectivity index (χ3v) is 3.59. The Morgan fingerprint density at radius 2 is 1.91 bits per heavy atom. The molecule has 0 atom stereocenters. The number of rotatable bonds is 8. The molecule has 122 valence electrons. The summed E-state index contributed by atoms with van der Waals surface area (Å²) in [6, 6.07) is 7.75. The van der Waals surface area contributed by atoms with Gasteiger partial charge in [0, 0.05) is 18.1 Å². The van der Waals surface area contributed by atoms with E-state index in [4.69, 9.17) is 11.6 Å². The molecular weight excluding hydrogens is 312 g/mol. The number of carbonyl (C=O) groups excluding carboxylic acids is 1. The number of hydrogen-bond acceptors (Lipinski definition) is 4. The summed E-state index contributed by atoms with van der Waals surface area (Å²) in [6.45, 7) is 3.48. The second-order valence-corrected chi connectivity index (χ2v) is 5.64. The van der Waals surface area contributed by atoms with Gasteiger partial charge in [0.2, 0.25) is 0 Å². The van der Waals surface area contributed by atoms with Crippen molar-refractivity contribution in [2.45, 2.75) is 26.2 Å². The van der Waals surface area contributed by atoms with Gasteiger partial charge in [0.05, 0.1) is 12.4 Å². The van der Waals surface area contributed by atoms with E-state index in [0.717, 1.165) is 30.8 Å². The zero-order chi connectivity index (χ0) is 16.5. The fourth-order valence-electron chi connectivity index (χ4n) is 1.99. The largest absolute Gasteiger partial charge is 0.368 e. The molecule has 1 amide bonds. The Kier molecular flexibility index (Phi) is 6.81. The van der Waals surface area contributed by atoms with Gasteiger partial charge in [0.1, 0.15) is 11.5 Å². The smallest absolute Gasteiger partial charge is 0.271 e. The van der Waals surface area contributed by atoms with Crippen LogP contribution >= 0.6 is 11.6 Å². The maximum absolute atomic E-state index is 11.8. The molecule has 0 spiro atoms. The highest BCUT2D eigenvalue weighted by atomic mass is 35.5. The molecule has 2 aromatic rings. The summed E-state index contributed by atoms with van der Waals surface area (Å²) in [6.07, 6.45) is 5.94. The number of nitrogens with one attached hydrogen (secondary N) is 2. The minimum absolute atomic E-state index is 0.182. The molecule has 1 aromatic carbocycles. The molecule has 0 aliphatic carbocycles. The molecule has 2 N–H and O–H groups in total. The second kappa shape index (κ2) is 9.10. The SMILES string of the molecule is CCCCNC(=O)c1cnc(NCCc2ccc(Cl)cc2)cn1. The van der Waals surface area contributed by atoms with Crippen LogP contribution in [0.4, 0.5) is 5.82 Å². The van der Waals surface area contributed by atoms with Crippen LogP contribution in [-0.4, -0.2) is 29.0 Å². The van der Waals surface area contributed by atoms with E-state index in [-0.39, 0.29) is 5.91 Å². The Hall–Kier alpha value is -2.14. The lowest BCUT2D eigenvalue weighted by atomic mass is 10.1. The molecule has 0 aliphatic heterocycles. The van der Waals surface area contributed by atoms with Gasteiger partial charge in [-0.3, -0.25) is 4.79 Å². The van der Waals surface area contributed by atoms with Crippen molar-refractivity contribution in [2.24, 2.45) is 0 Å². The third-order valence-electron chi connectivity index (χ3n) is 3.33. The third kappa shape index (κ3) is 5.87. The van der Waals surface area contributed by atoms with Crippen LogP contribution < -0.4 is 10.6 Å². The van der Waals surface area contributed by atoms with Crippen molar-refractivity contribution in [1.82, 2.24) is 15.3 Å². The van der Waals surface area contributed by atoms with Crippen molar-refractivity contribution in [2.75, 3.05) is 18.4 Å². The highest BCUT2D eigenvalue weighted by Gasteiger charge is 2.06. The van der Waals surface area contributed by atoms with Crippen LogP contribution in [-0.2, 0) is 6.42 Å². The number of unbranched alkanes of at least 4 members (excludes halogenated alkanes) is 1. The van der Waals surface area contributed by atoms with E-state index < -0.39 is 0 Å². The lowest BCUT2D eigenvalue weighted by molar-refractivity contribution is 0.0948. The van der Waals surface area contributed by atoms with Gasteiger partial charge in [-0.1, -0.05) is 37.1 Å². The molecule has 6 heteroatoms. The number of hydrogen-bond donors (Lipinski definition) is 2. The molecule has 0 unspecified atom stereocenters. The summed E-state index contributed by atoms with van der Waals surface area (Å²) in [5, 5.41) is 6.74. The zero-order valence-corrected chi connectivity index (χ0v) is 13.9. The fraction of sp³-hybridized carbons (Fsp3) is 0.353. The average molecular weight is 333 g/mol. The van der Waals surface area contributed by atoms with Crippen LogP contribution in [0.2, 0.25) is 5.02 Å². The van der Waals surface area contributed by atoms with E-state index in [0.29, 0.717) is 18.1 Å². The number of anilines is 1. The predicted octanol–water partition coefficient (Wildman–Crippen LogP) is 3.31. The van der Waals surface area contributed by atoms with Crippen molar-refractivity contribution >= 4 is 23.3 Å². The molecule has 1 aromatic heterocycles. The van der Waals surface area contributed by atoms with Crippen LogP contribution in [0.3, 0.4) is 0 Å². The van der Waals surface area contributed by atoms with E-state index >= 15 is 0 Å². The summed E-state index contributed by atoms with van der Waals surface area (Å²) in [5.41, 5.74) is 1.53. The van der Waals surface area contributed by atoms with Gasteiger partial charge >= 0.3 is 0 Å².